The summed E-state index contributed by atoms with van der Waals surface area (Å²) in [5, 5.41) is 2.07. The first-order valence-electron chi connectivity index (χ1n) is 5.17. The van der Waals surface area contributed by atoms with Crippen molar-refractivity contribution in [2.45, 2.75) is 6.54 Å². The molecule has 0 saturated carbocycles. The van der Waals surface area contributed by atoms with E-state index in [2.05, 4.69) is 21.3 Å². The zero-order valence-corrected chi connectivity index (χ0v) is 11.1. The number of hydrogen-bond donors (Lipinski definition) is 1. The van der Waals surface area contributed by atoms with Gasteiger partial charge in [-0.25, -0.2) is 0 Å². The van der Waals surface area contributed by atoms with Crippen molar-refractivity contribution in [1.29, 1.82) is 0 Å². The Morgan fingerprint density at radius 1 is 1.47 bits per heavy atom. The van der Waals surface area contributed by atoms with E-state index < -0.39 is 0 Å². The monoisotopic (exact) mass is 263 g/mol. The van der Waals surface area contributed by atoms with Crippen LogP contribution in [-0.2, 0) is 6.54 Å². The quantitative estimate of drug-likeness (QED) is 0.860. The van der Waals surface area contributed by atoms with Crippen molar-refractivity contribution in [3.8, 4) is 0 Å². The van der Waals surface area contributed by atoms with Crippen molar-refractivity contribution >= 4 is 34.2 Å². The Hall–Kier alpha value is -1.46. The first-order chi connectivity index (χ1) is 8.18. The molecule has 0 saturated heterocycles. The largest absolute Gasteiger partial charge is 0.388 e. The predicted octanol–water partition coefficient (Wildman–Crippen LogP) is 2.41. The lowest BCUT2D eigenvalue weighted by atomic mass is 10.2. The zero-order valence-electron chi connectivity index (χ0n) is 9.46. The van der Waals surface area contributed by atoms with Gasteiger partial charge in [0.1, 0.15) is 10.7 Å². The molecule has 0 amide bonds. The number of hydrogen-bond acceptors (Lipinski definition) is 4. The first kappa shape index (κ1) is 12.0. The van der Waals surface area contributed by atoms with Crippen LogP contribution in [0, 0.1) is 0 Å². The SMILES string of the molecule is CN(Cc1cccs1)c1cccnc1C(N)=S. The lowest BCUT2D eigenvalue weighted by molar-refractivity contribution is 0.932. The van der Waals surface area contributed by atoms with E-state index in [-0.39, 0.29) is 0 Å². The Balaban J connectivity index is 2.24. The van der Waals surface area contributed by atoms with Gasteiger partial charge in [0, 0.05) is 18.1 Å². The molecule has 2 heterocycles. The predicted molar refractivity (Wildman–Crippen MR) is 76.6 cm³/mol. The van der Waals surface area contributed by atoms with Crippen LogP contribution in [-0.4, -0.2) is 17.0 Å². The van der Waals surface area contributed by atoms with Crippen LogP contribution in [0.5, 0.6) is 0 Å². The minimum atomic E-state index is 0.332. The Kier molecular flexibility index (Phi) is 3.71. The molecule has 3 nitrogen and oxygen atoms in total. The second kappa shape index (κ2) is 5.25. The molecular weight excluding hydrogens is 250 g/mol. The summed E-state index contributed by atoms with van der Waals surface area (Å²) >= 11 is 6.74. The summed E-state index contributed by atoms with van der Waals surface area (Å²) in [5.74, 6) is 0. The molecule has 2 rings (SSSR count). The average Bonchev–Trinajstić information content (AvgIpc) is 2.81. The van der Waals surface area contributed by atoms with Crippen LogP contribution in [0.3, 0.4) is 0 Å². The molecule has 0 atom stereocenters. The van der Waals surface area contributed by atoms with E-state index in [0.29, 0.717) is 10.7 Å². The molecular formula is C12H13N3S2. The van der Waals surface area contributed by atoms with Gasteiger partial charge in [-0.05, 0) is 23.6 Å². The number of thiophene rings is 1. The molecule has 0 aliphatic rings. The highest BCUT2D eigenvalue weighted by Crippen LogP contribution is 2.20. The molecule has 17 heavy (non-hydrogen) atoms. The number of thiocarbonyl (C=S) groups is 1. The van der Waals surface area contributed by atoms with E-state index in [1.165, 1.54) is 4.88 Å². The molecule has 2 aromatic heterocycles. The van der Waals surface area contributed by atoms with Gasteiger partial charge >= 0.3 is 0 Å². The maximum Gasteiger partial charge on any atom is 0.124 e. The molecule has 0 radical (unpaired) electrons. The van der Waals surface area contributed by atoms with E-state index in [9.17, 15) is 0 Å². The molecule has 0 spiro atoms. The topological polar surface area (TPSA) is 42.2 Å². The van der Waals surface area contributed by atoms with Crippen molar-refractivity contribution in [3.63, 3.8) is 0 Å². The number of nitrogens with zero attached hydrogens (tertiary/aromatic N) is 2. The Morgan fingerprint density at radius 2 is 2.29 bits per heavy atom. The van der Waals surface area contributed by atoms with Gasteiger partial charge in [0.05, 0.1) is 12.2 Å². The van der Waals surface area contributed by atoms with Crippen molar-refractivity contribution < 1.29 is 0 Å². The Bertz CT molecular complexity index is 508. The van der Waals surface area contributed by atoms with Crippen molar-refractivity contribution in [2.24, 2.45) is 5.73 Å². The van der Waals surface area contributed by atoms with E-state index >= 15 is 0 Å². The van der Waals surface area contributed by atoms with Crippen LogP contribution < -0.4 is 10.6 Å². The summed E-state index contributed by atoms with van der Waals surface area (Å²) in [7, 11) is 2.01. The van der Waals surface area contributed by atoms with Crippen molar-refractivity contribution in [2.75, 3.05) is 11.9 Å². The summed E-state index contributed by atoms with van der Waals surface area (Å²) < 4.78 is 0. The summed E-state index contributed by atoms with van der Waals surface area (Å²) in [4.78, 5) is 7.96. The van der Waals surface area contributed by atoms with E-state index in [4.69, 9.17) is 18.0 Å². The maximum atomic E-state index is 5.67. The maximum absolute atomic E-state index is 5.67. The summed E-state index contributed by atoms with van der Waals surface area (Å²) in [6.07, 6.45) is 1.71. The normalized spacial score (nSPS) is 10.2. The smallest absolute Gasteiger partial charge is 0.124 e. The van der Waals surface area contributed by atoms with Gasteiger partial charge < -0.3 is 10.6 Å². The second-order valence-electron chi connectivity index (χ2n) is 3.67. The molecule has 88 valence electrons. The van der Waals surface area contributed by atoms with Gasteiger partial charge in [-0.2, -0.15) is 0 Å². The standard InChI is InChI=1S/C12H13N3S2/c1-15(8-9-4-3-7-17-9)10-5-2-6-14-11(10)12(13)16/h2-7H,8H2,1H3,(H2,13,16). The second-order valence-corrected chi connectivity index (χ2v) is 5.14. The number of nitrogens with two attached hydrogens (primary N) is 1. The third kappa shape index (κ3) is 2.81. The molecule has 0 aliphatic heterocycles. The molecule has 0 aliphatic carbocycles. The third-order valence-electron chi connectivity index (χ3n) is 2.40. The minimum absolute atomic E-state index is 0.332. The summed E-state index contributed by atoms with van der Waals surface area (Å²) in [6, 6.07) is 8.03. The lowest BCUT2D eigenvalue weighted by Crippen LogP contribution is -2.22. The van der Waals surface area contributed by atoms with Crippen LogP contribution in [0.1, 0.15) is 10.6 Å². The van der Waals surface area contributed by atoms with Crippen LogP contribution in [0.4, 0.5) is 5.69 Å². The van der Waals surface area contributed by atoms with Crippen LogP contribution in [0.25, 0.3) is 0 Å². The number of pyridine rings is 1. The van der Waals surface area contributed by atoms with Crippen LogP contribution in [0.2, 0.25) is 0 Å². The number of rotatable bonds is 4. The Morgan fingerprint density at radius 3 is 2.94 bits per heavy atom. The summed E-state index contributed by atoms with van der Waals surface area (Å²) in [5.41, 5.74) is 7.32. The lowest BCUT2D eigenvalue weighted by Gasteiger charge is -2.20. The zero-order chi connectivity index (χ0) is 12.3. The van der Waals surface area contributed by atoms with Crippen molar-refractivity contribution in [3.05, 3.63) is 46.4 Å². The van der Waals surface area contributed by atoms with Crippen LogP contribution >= 0.6 is 23.6 Å². The fourth-order valence-electron chi connectivity index (χ4n) is 1.62. The van der Waals surface area contributed by atoms with Gasteiger partial charge in [-0.15, -0.1) is 11.3 Å². The third-order valence-corrected chi connectivity index (χ3v) is 3.46. The molecule has 0 bridgehead atoms. The highest BCUT2D eigenvalue weighted by Gasteiger charge is 2.10. The molecule has 0 fully saturated rings. The first-order valence-corrected chi connectivity index (χ1v) is 6.45. The fraction of sp³-hybridized carbons (Fsp3) is 0.167. The average molecular weight is 263 g/mol. The molecule has 5 heteroatoms. The van der Waals surface area contributed by atoms with E-state index in [1.54, 1.807) is 17.5 Å². The Labute approximate surface area is 110 Å². The van der Waals surface area contributed by atoms with Gasteiger partial charge in [0.2, 0.25) is 0 Å². The minimum Gasteiger partial charge on any atom is -0.388 e. The van der Waals surface area contributed by atoms with Gasteiger partial charge in [0.15, 0.2) is 0 Å². The van der Waals surface area contributed by atoms with Gasteiger partial charge in [-0.1, -0.05) is 18.3 Å². The molecule has 0 unspecified atom stereocenters. The van der Waals surface area contributed by atoms with Gasteiger partial charge in [-0.3, -0.25) is 4.98 Å². The van der Waals surface area contributed by atoms with Crippen molar-refractivity contribution in [1.82, 2.24) is 4.98 Å². The highest BCUT2D eigenvalue weighted by molar-refractivity contribution is 7.80. The number of aromatic nitrogens is 1. The molecule has 2 aromatic rings. The van der Waals surface area contributed by atoms with Crippen LogP contribution in [0.15, 0.2) is 35.8 Å². The molecule has 0 aromatic carbocycles. The number of anilines is 1. The van der Waals surface area contributed by atoms with E-state index in [1.807, 2.05) is 25.2 Å². The van der Waals surface area contributed by atoms with E-state index in [0.717, 1.165) is 12.2 Å². The fourth-order valence-corrected chi connectivity index (χ4v) is 2.53. The highest BCUT2D eigenvalue weighted by atomic mass is 32.1. The van der Waals surface area contributed by atoms with Gasteiger partial charge in [0.25, 0.3) is 0 Å². The summed E-state index contributed by atoms with van der Waals surface area (Å²) in [6.45, 7) is 0.832. The molecule has 2 N–H and O–H groups in total.